The maximum absolute atomic E-state index is 12.3. The SMILES string of the molecule is O=C(Nc1ccc(Br)cn1)c1occc1COc1ccccc1. The number of hydrogen-bond donors (Lipinski definition) is 1. The lowest BCUT2D eigenvalue weighted by Crippen LogP contribution is -2.14. The number of hydrogen-bond acceptors (Lipinski definition) is 4. The summed E-state index contributed by atoms with van der Waals surface area (Å²) in [6.07, 6.45) is 3.07. The van der Waals surface area contributed by atoms with Crippen LogP contribution in [0.4, 0.5) is 5.82 Å². The third-order valence-electron chi connectivity index (χ3n) is 3.06. The van der Waals surface area contributed by atoms with Crippen LogP contribution in [0.2, 0.25) is 0 Å². The van der Waals surface area contributed by atoms with Gasteiger partial charge in [0.2, 0.25) is 0 Å². The fourth-order valence-corrected chi connectivity index (χ4v) is 2.18. The maximum atomic E-state index is 12.3. The van der Waals surface area contributed by atoms with E-state index in [4.69, 9.17) is 9.15 Å². The van der Waals surface area contributed by atoms with Gasteiger partial charge in [-0.05, 0) is 46.3 Å². The van der Waals surface area contributed by atoms with Gasteiger partial charge in [0, 0.05) is 16.2 Å². The molecule has 3 aromatic rings. The number of aromatic nitrogens is 1. The van der Waals surface area contributed by atoms with E-state index in [0.29, 0.717) is 11.4 Å². The molecule has 0 aliphatic carbocycles. The number of carbonyl (C=O) groups excluding carboxylic acids is 1. The summed E-state index contributed by atoms with van der Waals surface area (Å²) in [6, 6.07) is 14.6. The van der Waals surface area contributed by atoms with Gasteiger partial charge >= 0.3 is 0 Å². The lowest BCUT2D eigenvalue weighted by atomic mass is 10.2. The van der Waals surface area contributed by atoms with E-state index in [1.165, 1.54) is 6.26 Å². The van der Waals surface area contributed by atoms with Gasteiger partial charge in [-0.1, -0.05) is 18.2 Å². The van der Waals surface area contributed by atoms with Crippen molar-refractivity contribution in [1.29, 1.82) is 0 Å². The third-order valence-corrected chi connectivity index (χ3v) is 3.53. The average molecular weight is 373 g/mol. The van der Waals surface area contributed by atoms with Gasteiger partial charge in [0.25, 0.3) is 5.91 Å². The predicted molar refractivity (Wildman–Crippen MR) is 89.4 cm³/mol. The number of nitrogens with zero attached hydrogens (tertiary/aromatic N) is 1. The molecular weight excluding hydrogens is 360 g/mol. The summed E-state index contributed by atoms with van der Waals surface area (Å²) in [5.74, 6) is 1.03. The van der Waals surface area contributed by atoms with Gasteiger partial charge in [0.15, 0.2) is 5.76 Å². The highest BCUT2D eigenvalue weighted by atomic mass is 79.9. The Balaban J connectivity index is 1.67. The molecule has 5 nitrogen and oxygen atoms in total. The first-order chi connectivity index (χ1) is 11.2. The lowest BCUT2D eigenvalue weighted by Gasteiger charge is -2.07. The number of furan rings is 1. The van der Waals surface area contributed by atoms with Gasteiger partial charge in [-0.25, -0.2) is 4.98 Å². The number of pyridine rings is 1. The molecule has 1 amide bonds. The Bertz CT molecular complexity index is 785. The molecule has 0 saturated heterocycles. The first-order valence-corrected chi connectivity index (χ1v) is 7.69. The Labute approximate surface area is 141 Å². The van der Waals surface area contributed by atoms with Crippen LogP contribution in [0, 0.1) is 0 Å². The van der Waals surface area contributed by atoms with Crippen molar-refractivity contribution in [2.45, 2.75) is 6.61 Å². The van der Waals surface area contributed by atoms with Crippen molar-refractivity contribution in [2.75, 3.05) is 5.32 Å². The number of anilines is 1. The second kappa shape index (κ2) is 7.11. The van der Waals surface area contributed by atoms with E-state index in [1.807, 2.05) is 30.3 Å². The summed E-state index contributed by atoms with van der Waals surface area (Å²) >= 11 is 3.29. The van der Waals surface area contributed by atoms with Crippen molar-refractivity contribution in [3.8, 4) is 5.75 Å². The molecule has 116 valence electrons. The second-order valence-corrected chi connectivity index (χ2v) is 5.61. The fraction of sp³-hybridized carbons (Fsp3) is 0.0588. The quantitative estimate of drug-likeness (QED) is 0.726. The van der Waals surface area contributed by atoms with Crippen molar-refractivity contribution >= 4 is 27.7 Å². The number of halogens is 1. The summed E-state index contributed by atoms with van der Waals surface area (Å²) in [6.45, 7) is 0.247. The Morgan fingerprint density at radius 2 is 2.00 bits per heavy atom. The average Bonchev–Trinajstić information content (AvgIpc) is 3.05. The number of carbonyl (C=O) groups is 1. The van der Waals surface area contributed by atoms with Gasteiger partial charge in [-0.3, -0.25) is 4.79 Å². The van der Waals surface area contributed by atoms with Crippen molar-refractivity contribution in [3.63, 3.8) is 0 Å². The first kappa shape index (κ1) is 15.3. The molecule has 0 aliphatic heterocycles. The molecule has 0 aliphatic rings. The zero-order chi connectivity index (χ0) is 16.1. The molecule has 0 spiro atoms. The monoisotopic (exact) mass is 372 g/mol. The molecule has 0 fully saturated rings. The number of rotatable bonds is 5. The van der Waals surface area contributed by atoms with Gasteiger partial charge < -0.3 is 14.5 Å². The topological polar surface area (TPSA) is 64.4 Å². The number of amides is 1. The molecule has 3 rings (SSSR count). The molecule has 0 saturated carbocycles. The number of nitrogens with one attached hydrogen (secondary N) is 1. The predicted octanol–water partition coefficient (Wildman–Crippen LogP) is 4.27. The van der Waals surface area contributed by atoms with Crippen molar-refractivity contribution in [3.05, 3.63) is 76.8 Å². The Morgan fingerprint density at radius 3 is 2.74 bits per heavy atom. The Hall–Kier alpha value is -2.60. The van der Waals surface area contributed by atoms with Crippen LogP contribution in [0.1, 0.15) is 16.1 Å². The molecule has 23 heavy (non-hydrogen) atoms. The minimum atomic E-state index is -0.364. The summed E-state index contributed by atoms with van der Waals surface area (Å²) in [5.41, 5.74) is 0.670. The van der Waals surface area contributed by atoms with Crippen LogP contribution >= 0.6 is 15.9 Å². The minimum absolute atomic E-state index is 0.214. The molecule has 2 aromatic heterocycles. The van der Waals surface area contributed by atoms with Crippen molar-refractivity contribution in [1.82, 2.24) is 4.98 Å². The summed E-state index contributed by atoms with van der Waals surface area (Å²) in [7, 11) is 0. The molecular formula is C17H13BrN2O3. The van der Waals surface area contributed by atoms with Gasteiger partial charge in [-0.2, -0.15) is 0 Å². The van der Waals surface area contributed by atoms with Crippen LogP contribution in [0.3, 0.4) is 0 Å². The standard InChI is InChI=1S/C17H13BrN2O3/c18-13-6-7-15(19-10-13)20-17(21)16-12(8-9-22-16)11-23-14-4-2-1-3-5-14/h1-10H,11H2,(H,19,20,21). The molecule has 2 heterocycles. The summed E-state index contributed by atoms with van der Waals surface area (Å²) in [5, 5.41) is 2.69. The molecule has 0 unspecified atom stereocenters. The van der Waals surface area contributed by atoms with E-state index in [9.17, 15) is 4.79 Å². The molecule has 1 aromatic carbocycles. The highest BCUT2D eigenvalue weighted by Gasteiger charge is 2.16. The Morgan fingerprint density at radius 1 is 1.17 bits per heavy atom. The molecule has 6 heteroatoms. The van der Waals surface area contributed by atoms with E-state index in [0.717, 1.165) is 10.2 Å². The van der Waals surface area contributed by atoms with Gasteiger partial charge in [-0.15, -0.1) is 0 Å². The van der Waals surface area contributed by atoms with Crippen LogP contribution in [0.25, 0.3) is 0 Å². The number of benzene rings is 1. The van der Waals surface area contributed by atoms with Crippen LogP contribution in [0.15, 0.2) is 69.9 Å². The molecule has 0 bridgehead atoms. The minimum Gasteiger partial charge on any atom is -0.489 e. The van der Waals surface area contributed by atoms with Crippen LogP contribution < -0.4 is 10.1 Å². The third kappa shape index (κ3) is 3.98. The first-order valence-electron chi connectivity index (χ1n) is 6.89. The highest BCUT2D eigenvalue weighted by Crippen LogP contribution is 2.17. The summed E-state index contributed by atoms with van der Waals surface area (Å²) in [4.78, 5) is 16.4. The van der Waals surface area contributed by atoms with Crippen LogP contribution in [-0.4, -0.2) is 10.9 Å². The highest BCUT2D eigenvalue weighted by molar-refractivity contribution is 9.10. The van der Waals surface area contributed by atoms with Crippen LogP contribution in [0.5, 0.6) is 5.75 Å². The number of ether oxygens (including phenoxy) is 1. The Kier molecular flexibility index (Phi) is 4.73. The zero-order valence-electron chi connectivity index (χ0n) is 12.0. The maximum Gasteiger partial charge on any atom is 0.292 e. The van der Waals surface area contributed by atoms with Crippen molar-refractivity contribution in [2.24, 2.45) is 0 Å². The molecule has 0 atom stereocenters. The van der Waals surface area contributed by atoms with E-state index < -0.39 is 0 Å². The zero-order valence-corrected chi connectivity index (χ0v) is 13.6. The van der Waals surface area contributed by atoms with E-state index in [2.05, 4.69) is 26.2 Å². The summed E-state index contributed by atoms with van der Waals surface area (Å²) < 4.78 is 11.8. The molecule has 0 radical (unpaired) electrons. The lowest BCUT2D eigenvalue weighted by molar-refractivity contribution is 0.0993. The van der Waals surface area contributed by atoms with Gasteiger partial charge in [0.05, 0.1) is 6.26 Å². The number of para-hydroxylation sites is 1. The second-order valence-electron chi connectivity index (χ2n) is 4.69. The fourth-order valence-electron chi connectivity index (χ4n) is 1.95. The normalized spacial score (nSPS) is 10.3. The van der Waals surface area contributed by atoms with E-state index in [1.54, 1.807) is 24.4 Å². The van der Waals surface area contributed by atoms with E-state index >= 15 is 0 Å². The van der Waals surface area contributed by atoms with Crippen LogP contribution in [-0.2, 0) is 6.61 Å². The van der Waals surface area contributed by atoms with E-state index in [-0.39, 0.29) is 18.3 Å². The van der Waals surface area contributed by atoms with Gasteiger partial charge in [0.1, 0.15) is 18.2 Å². The van der Waals surface area contributed by atoms with Crippen molar-refractivity contribution < 1.29 is 13.9 Å². The molecule has 1 N–H and O–H groups in total. The smallest absolute Gasteiger partial charge is 0.292 e. The largest absolute Gasteiger partial charge is 0.489 e.